The van der Waals surface area contributed by atoms with Crippen LogP contribution in [0, 0.1) is 0 Å². The highest BCUT2D eigenvalue weighted by Gasteiger charge is 2.28. The number of anilines is 1. The summed E-state index contributed by atoms with van der Waals surface area (Å²) < 4.78 is 6.12. The Balaban J connectivity index is 1.85. The molecule has 2 rings (SSSR count). The fourth-order valence-corrected chi connectivity index (χ4v) is 2.48. The maximum absolute atomic E-state index is 12.3. The molecule has 1 atom stereocenters. The van der Waals surface area contributed by atoms with E-state index in [0.717, 1.165) is 15.2 Å². The highest BCUT2D eigenvalue weighted by atomic mass is 79.9. The maximum Gasteiger partial charge on any atom is 0.338 e. The second-order valence-electron chi connectivity index (χ2n) is 6.18. The number of carbonyl (C=O) groups is 3. The smallest absolute Gasteiger partial charge is 0.338 e. The summed E-state index contributed by atoms with van der Waals surface area (Å²) in [5.41, 5.74) is 1.86. The largest absolute Gasteiger partial charge is 0.469 e. The van der Waals surface area contributed by atoms with Gasteiger partial charge in [-0.1, -0.05) is 15.9 Å². The Morgan fingerprint density at radius 1 is 1.26 bits per heavy atom. The van der Waals surface area contributed by atoms with Gasteiger partial charge in [0, 0.05) is 23.6 Å². The SMILES string of the molecule is CN(NC(=O)Nc1ccc(Br)cc1)C(=O)NC(C)(C=O)CCc1ccco1. The van der Waals surface area contributed by atoms with Gasteiger partial charge in [0.2, 0.25) is 0 Å². The minimum atomic E-state index is -1.10. The van der Waals surface area contributed by atoms with Crippen LogP contribution in [0.5, 0.6) is 0 Å². The number of nitrogens with zero attached hydrogens (tertiary/aromatic N) is 1. The molecule has 1 aromatic carbocycles. The topological polar surface area (TPSA) is 104 Å². The minimum absolute atomic E-state index is 0.356. The number of nitrogens with one attached hydrogen (secondary N) is 3. The molecule has 1 aromatic heterocycles. The van der Waals surface area contributed by atoms with Gasteiger partial charge in [-0.15, -0.1) is 0 Å². The number of urea groups is 2. The second-order valence-corrected chi connectivity index (χ2v) is 7.09. The summed E-state index contributed by atoms with van der Waals surface area (Å²) in [5.74, 6) is 0.720. The lowest BCUT2D eigenvalue weighted by molar-refractivity contribution is -0.112. The van der Waals surface area contributed by atoms with Gasteiger partial charge in [-0.05, 0) is 49.7 Å². The third kappa shape index (κ3) is 6.45. The first-order valence-electron chi connectivity index (χ1n) is 8.19. The lowest BCUT2D eigenvalue weighted by Gasteiger charge is -2.28. The van der Waals surface area contributed by atoms with Crippen molar-refractivity contribution in [2.75, 3.05) is 12.4 Å². The Kier molecular flexibility index (Phi) is 7.00. The van der Waals surface area contributed by atoms with Gasteiger partial charge in [-0.3, -0.25) is 0 Å². The zero-order chi connectivity index (χ0) is 19.9. The van der Waals surface area contributed by atoms with Crippen molar-refractivity contribution in [2.24, 2.45) is 0 Å². The van der Waals surface area contributed by atoms with E-state index in [4.69, 9.17) is 4.42 Å². The second kappa shape index (κ2) is 9.22. The van der Waals surface area contributed by atoms with Crippen molar-refractivity contribution in [1.29, 1.82) is 0 Å². The van der Waals surface area contributed by atoms with E-state index >= 15 is 0 Å². The molecule has 9 heteroatoms. The van der Waals surface area contributed by atoms with Gasteiger partial charge < -0.3 is 19.8 Å². The van der Waals surface area contributed by atoms with Gasteiger partial charge in [0.05, 0.1) is 11.8 Å². The van der Waals surface area contributed by atoms with E-state index in [-0.39, 0.29) is 0 Å². The van der Waals surface area contributed by atoms with Crippen molar-refractivity contribution >= 4 is 40.0 Å². The van der Waals surface area contributed by atoms with Crippen molar-refractivity contribution in [3.8, 4) is 0 Å². The molecule has 0 bridgehead atoms. The summed E-state index contributed by atoms with van der Waals surface area (Å²) in [5, 5.41) is 6.19. The van der Waals surface area contributed by atoms with Crippen LogP contribution in [0.2, 0.25) is 0 Å². The molecule has 0 radical (unpaired) electrons. The number of hydrazine groups is 1. The normalized spacial score (nSPS) is 12.6. The molecular weight excluding hydrogens is 416 g/mol. The number of benzene rings is 1. The Hall–Kier alpha value is -2.81. The number of amides is 4. The quantitative estimate of drug-likeness (QED) is 0.477. The van der Waals surface area contributed by atoms with Crippen LogP contribution >= 0.6 is 15.9 Å². The lowest BCUT2D eigenvalue weighted by atomic mass is 9.97. The third-order valence-corrected chi connectivity index (χ3v) is 4.33. The molecule has 3 N–H and O–H groups in total. The fourth-order valence-electron chi connectivity index (χ4n) is 2.21. The van der Waals surface area contributed by atoms with E-state index in [1.165, 1.54) is 7.05 Å². The summed E-state index contributed by atoms with van der Waals surface area (Å²) in [4.78, 5) is 35.8. The van der Waals surface area contributed by atoms with Crippen molar-refractivity contribution in [1.82, 2.24) is 15.8 Å². The molecule has 144 valence electrons. The highest BCUT2D eigenvalue weighted by molar-refractivity contribution is 9.10. The average molecular weight is 437 g/mol. The molecule has 8 nitrogen and oxygen atoms in total. The third-order valence-electron chi connectivity index (χ3n) is 3.80. The van der Waals surface area contributed by atoms with Crippen LogP contribution in [-0.4, -0.2) is 35.9 Å². The molecule has 0 aliphatic carbocycles. The number of hydrogen-bond donors (Lipinski definition) is 3. The monoisotopic (exact) mass is 436 g/mol. The Morgan fingerprint density at radius 3 is 2.56 bits per heavy atom. The first-order valence-corrected chi connectivity index (χ1v) is 8.98. The van der Waals surface area contributed by atoms with Gasteiger partial charge in [-0.25, -0.2) is 20.0 Å². The van der Waals surface area contributed by atoms with Gasteiger partial charge in [0.25, 0.3) is 0 Å². The van der Waals surface area contributed by atoms with Crippen molar-refractivity contribution in [3.05, 3.63) is 52.9 Å². The van der Waals surface area contributed by atoms with Gasteiger partial charge in [0.15, 0.2) is 0 Å². The summed E-state index contributed by atoms with van der Waals surface area (Å²) in [6.07, 6.45) is 3.07. The Labute approximate surface area is 165 Å². The average Bonchev–Trinajstić information content (AvgIpc) is 3.15. The van der Waals surface area contributed by atoms with Crippen LogP contribution < -0.4 is 16.1 Å². The van der Waals surface area contributed by atoms with Crippen molar-refractivity contribution < 1.29 is 18.8 Å². The zero-order valence-corrected chi connectivity index (χ0v) is 16.6. The molecule has 27 heavy (non-hydrogen) atoms. The van der Waals surface area contributed by atoms with E-state index in [1.54, 1.807) is 49.6 Å². The minimum Gasteiger partial charge on any atom is -0.469 e. The van der Waals surface area contributed by atoms with Gasteiger partial charge in [0.1, 0.15) is 12.0 Å². The van der Waals surface area contributed by atoms with E-state index in [1.807, 2.05) is 0 Å². The summed E-state index contributed by atoms with van der Waals surface area (Å²) in [6.45, 7) is 1.61. The van der Waals surface area contributed by atoms with Crippen LogP contribution in [-0.2, 0) is 11.2 Å². The van der Waals surface area contributed by atoms with Crippen LogP contribution in [0.3, 0.4) is 0 Å². The number of furan rings is 1. The van der Waals surface area contributed by atoms with E-state index in [9.17, 15) is 14.4 Å². The number of aryl methyl sites for hydroxylation is 1. The highest BCUT2D eigenvalue weighted by Crippen LogP contribution is 2.14. The maximum atomic E-state index is 12.3. The standard InChI is InChI=1S/C18H21BrN4O4/c1-18(12-24,10-9-15-4-3-11-27-15)21-17(26)23(2)22-16(25)20-14-7-5-13(19)6-8-14/h3-8,11-12H,9-10H2,1-2H3,(H,21,26)(H2,20,22,25). The molecule has 0 fully saturated rings. The van der Waals surface area contributed by atoms with Crippen molar-refractivity contribution in [2.45, 2.75) is 25.3 Å². The molecule has 0 aliphatic rings. The molecule has 0 saturated heterocycles. The van der Waals surface area contributed by atoms with Gasteiger partial charge in [-0.2, -0.15) is 0 Å². The number of halogens is 1. The molecule has 0 aliphatic heterocycles. The summed E-state index contributed by atoms with van der Waals surface area (Å²) in [6, 6.07) is 9.33. The number of carbonyl (C=O) groups excluding carboxylic acids is 3. The predicted octanol–water partition coefficient (Wildman–Crippen LogP) is 3.31. The molecule has 4 amide bonds. The molecule has 2 aromatic rings. The first kappa shape index (κ1) is 20.5. The number of rotatable bonds is 6. The van der Waals surface area contributed by atoms with Crippen molar-refractivity contribution in [3.63, 3.8) is 0 Å². The number of hydrogen-bond acceptors (Lipinski definition) is 4. The lowest BCUT2D eigenvalue weighted by Crippen LogP contribution is -2.56. The van der Waals surface area contributed by atoms with E-state index in [2.05, 4.69) is 32.0 Å². The van der Waals surface area contributed by atoms with Crippen LogP contribution in [0.25, 0.3) is 0 Å². The molecule has 1 unspecified atom stereocenters. The van der Waals surface area contributed by atoms with Crippen LogP contribution in [0.1, 0.15) is 19.1 Å². The van der Waals surface area contributed by atoms with E-state index < -0.39 is 17.6 Å². The zero-order valence-electron chi connectivity index (χ0n) is 15.0. The molecule has 0 saturated carbocycles. The van der Waals surface area contributed by atoms with Crippen LogP contribution in [0.4, 0.5) is 15.3 Å². The van der Waals surface area contributed by atoms with Gasteiger partial charge >= 0.3 is 12.1 Å². The van der Waals surface area contributed by atoms with E-state index in [0.29, 0.717) is 24.8 Å². The fraction of sp³-hybridized carbons (Fsp3) is 0.278. The van der Waals surface area contributed by atoms with Crippen LogP contribution in [0.15, 0.2) is 51.6 Å². The summed E-state index contributed by atoms with van der Waals surface area (Å²) in [7, 11) is 1.38. The Bertz CT molecular complexity index is 779. The molecule has 0 spiro atoms. The first-order chi connectivity index (χ1) is 12.8. The summed E-state index contributed by atoms with van der Waals surface area (Å²) >= 11 is 3.31. The predicted molar refractivity (Wildman–Crippen MR) is 104 cm³/mol. The Morgan fingerprint density at radius 2 is 1.96 bits per heavy atom. The number of aldehydes is 1. The molecular formula is C18H21BrN4O4. The molecule has 1 heterocycles.